The van der Waals surface area contributed by atoms with E-state index in [2.05, 4.69) is 10.6 Å². The van der Waals surface area contributed by atoms with Gasteiger partial charge in [-0.2, -0.15) is 0 Å². The number of amides is 1. The first kappa shape index (κ1) is 11.9. The number of rotatable bonds is 4. The molecule has 0 saturated carbocycles. The van der Waals surface area contributed by atoms with Gasteiger partial charge in [-0.25, -0.2) is 0 Å². The molecule has 0 aliphatic rings. The standard InChI is InChI=1S/C11H16N2OS/c1-8(11(14)12-2)13-9-6-4-5-7-10(9)15-3/h4-8,13H,1-3H3,(H,12,14). The SMILES string of the molecule is CNC(=O)C(C)Nc1ccccc1SC. The summed E-state index contributed by atoms with van der Waals surface area (Å²) in [5, 5.41) is 5.79. The second-order valence-electron chi connectivity index (χ2n) is 3.18. The molecular formula is C11H16N2OS. The molecule has 1 aromatic rings. The molecule has 0 bridgehead atoms. The Morgan fingerprint density at radius 3 is 2.67 bits per heavy atom. The summed E-state index contributed by atoms with van der Waals surface area (Å²) in [4.78, 5) is 12.5. The Labute approximate surface area is 94.6 Å². The Hall–Kier alpha value is -1.16. The third kappa shape index (κ3) is 3.16. The fraction of sp³-hybridized carbons (Fsp3) is 0.364. The van der Waals surface area contributed by atoms with Crippen LogP contribution in [0, 0.1) is 0 Å². The highest BCUT2D eigenvalue weighted by Crippen LogP contribution is 2.24. The summed E-state index contributed by atoms with van der Waals surface area (Å²) >= 11 is 1.66. The van der Waals surface area contributed by atoms with Crippen LogP contribution in [0.1, 0.15) is 6.92 Å². The van der Waals surface area contributed by atoms with Crippen molar-refractivity contribution in [3.63, 3.8) is 0 Å². The lowest BCUT2D eigenvalue weighted by Crippen LogP contribution is -2.35. The third-order valence-electron chi connectivity index (χ3n) is 2.12. The van der Waals surface area contributed by atoms with Gasteiger partial charge in [0.25, 0.3) is 0 Å². The molecule has 0 aromatic heterocycles. The van der Waals surface area contributed by atoms with Crippen molar-refractivity contribution in [3.05, 3.63) is 24.3 Å². The molecule has 2 N–H and O–H groups in total. The normalized spacial score (nSPS) is 11.9. The fourth-order valence-corrected chi connectivity index (χ4v) is 1.84. The minimum atomic E-state index is -0.219. The van der Waals surface area contributed by atoms with Crippen molar-refractivity contribution in [1.29, 1.82) is 0 Å². The van der Waals surface area contributed by atoms with Crippen LogP contribution >= 0.6 is 11.8 Å². The second-order valence-corrected chi connectivity index (χ2v) is 4.03. The molecule has 82 valence electrons. The molecule has 0 spiro atoms. The van der Waals surface area contributed by atoms with Crippen molar-refractivity contribution in [2.45, 2.75) is 17.9 Å². The van der Waals surface area contributed by atoms with E-state index in [-0.39, 0.29) is 11.9 Å². The van der Waals surface area contributed by atoms with Crippen LogP contribution in [0.5, 0.6) is 0 Å². The van der Waals surface area contributed by atoms with Gasteiger partial charge in [0.1, 0.15) is 6.04 Å². The summed E-state index contributed by atoms with van der Waals surface area (Å²) < 4.78 is 0. The first-order valence-corrected chi connectivity index (χ1v) is 6.02. The van der Waals surface area contributed by atoms with Gasteiger partial charge in [-0.05, 0) is 25.3 Å². The topological polar surface area (TPSA) is 41.1 Å². The molecular weight excluding hydrogens is 208 g/mol. The monoisotopic (exact) mass is 224 g/mol. The number of thioether (sulfide) groups is 1. The zero-order valence-electron chi connectivity index (χ0n) is 9.20. The molecule has 0 radical (unpaired) electrons. The van der Waals surface area contributed by atoms with Crippen LogP contribution in [0.15, 0.2) is 29.2 Å². The molecule has 0 fully saturated rings. The number of benzene rings is 1. The Bertz CT molecular complexity index is 341. The summed E-state index contributed by atoms with van der Waals surface area (Å²) in [6, 6.07) is 7.73. The van der Waals surface area contributed by atoms with Crippen LogP contribution in [0.3, 0.4) is 0 Å². The van der Waals surface area contributed by atoms with E-state index in [9.17, 15) is 4.79 Å². The molecule has 0 saturated heterocycles. The van der Waals surface area contributed by atoms with E-state index in [0.717, 1.165) is 10.6 Å². The molecule has 1 rings (SSSR count). The average molecular weight is 224 g/mol. The van der Waals surface area contributed by atoms with E-state index in [1.54, 1.807) is 18.8 Å². The van der Waals surface area contributed by atoms with E-state index in [1.165, 1.54) is 0 Å². The number of anilines is 1. The van der Waals surface area contributed by atoms with E-state index in [1.807, 2.05) is 37.4 Å². The Kier molecular flexibility index (Phi) is 4.49. The van der Waals surface area contributed by atoms with Gasteiger partial charge < -0.3 is 10.6 Å². The van der Waals surface area contributed by atoms with Crippen molar-refractivity contribution in [3.8, 4) is 0 Å². The highest BCUT2D eigenvalue weighted by Gasteiger charge is 2.11. The van der Waals surface area contributed by atoms with E-state index < -0.39 is 0 Å². The number of hydrogen-bond acceptors (Lipinski definition) is 3. The highest BCUT2D eigenvalue weighted by atomic mass is 32.2. The van der Waals surface area contributed by atoms with Gasteiger partial charge in [0.15, 0.2) is 0 Å². The van der Waals surface area contributed by atoms with Gasteiger partial charge in [-0.15, -0.1) is 11.8 Å². The molecule has 3 nitrogen and oxygen atoms in total. The van der Waals surface area contributed by atoms with Crippen LogP contribution in [-0.4, -0.2) is 25.3 Å². The maximum Gasteiger partial charge on any atom is 0.241 e. The molecule has 1 aromatic carbocycles. The molecule has 1 atom stereocenters. The van der Waals surface area contributed by atoms with E-state index in [4.69, 9.17) is 0 Å². The van der Waals surface area contributed by atoms with Gasteiger partial charge in [-0.1, -0.05) is 12.1 Å². The molecule has 1 unspecified atom stereocenters. The largest absolute Gasteiger partial charge is 0.373 e. The predicted octanol–water partition coefficient (Wildman–Crippen LogP) is 1.95. The smallest absolute Gasteiger partial charge is 0.241 e. The van der Waals surface area contributed by atoms with Crippen LogP contribution in [0.4, 0.5) is 5.69 Å². The minimum Gasteiger partial charge on any atom is -0.373 e. The van der Waals surface area contributed by atoms with E-state index >= 15 is 0 Å². The summed E-state index contributed by atoms with van der Waals surface area (Å²) in [6.45, 7) is 1.84. The van der Waals surface area contributed by atoms with Crippen molar-refractivity contribution in [2.75, 3.05) is 18.6 Å². The van der Waals surface area contributed by atoms with Crippen LogP contribution in [-0.2, 0) is 4.79 Å². The van der Waals surface area contributed by atoms with E-state index in [0.29, 0.717) is 0 Å². The van der Waals surface area contributed by atoms with Gasteiger partial charge in [-0.3, -0.25) is 4.79 Å². The molecule has 4 heteroatoms. The minimum absolute atomic E-state index is 0.00842. The van der Waals surface area contributed by atoms with Crippen molar-refractivity contribution in [2.24, 2.45) is 0 Å². The number of carbonyl (C=O) groups is 1. The fourth-order valence-electron chi connectivity index (χ4n) is 1.28. The van der Waals surface area contributed by atoms with Crippen molar-refractivity contribution in [1.82, 2.24) is 5.32 Å². The van der Waals surface area contributed by atoms with Crippen LogP contribution in [0.2, 0.25) is 0 Å². The lowest BCUT2D eigenvalue weighted by molar-refractivity contribution is -0.121. The van der Waals surface area contributed by atoms with Crippen LogP contribution < -0.4 is 10.6 Å². The van der Waals surface area contributed by atoms with Gasteiger partial charge >= 0.3 is 0 Å². The molecule has 1 amide bonds. The molecule has 0 aliphatic carbocycles. The van der Waals surface area contributed by atoms with Crippen molar-refractivity contribution < 1.29 is 4.79 Å². The summed E-state index contributed by atoms with van der Waals surface area (Å²) in [5.41, 5.74) is 1.00. The maximum absolute atomic E-state index is 11.3. The van der Waals surface area contributed by atoms with Gasteiger partial charge in [0.05, 0.1) is 0 Å². The quantitative estimate of drug-likeness (QED) is 0.768. The maximum atomic E-state index is 11.3. The first-order valence-electron chi connectivity index (χ1n) is 4.80. The number of nitrogens with one attached hydrogen (secondary N) is 2. The third-order valence-corrected chi connectivity index (χ3v) is 2.91. The first-order chi connectivity index (χ1) is 7.19. The summed E-state index contributed by atoms with van der Waals surface area (Å²) in [5.74, 6) is -0.00842. The zero-order valence-corrected chi connectivity index (χ0v) is 10.0. The number of para-hydroxylation sites is 1. The Morgan fingerprint density at radius 2 is 2.07 bits per heavy atom. The molecule has 0 heterocycles. The highest BCUT2D eigenvalue weighted by molar-refractivity contribution is 7.98. The van der Waals surface area contributed by atoms with Gasteiger partial charge in [0, 0.05) is 17.6 Å². The lowest BCUT2D eigenvalue weighted by Gasteiger charge is -2.15. The molecule has 15 heavy (non-hydrogen) atoms. The predicted molar refractivity (Wildman–Crippen MR) is 65.4 cm³/mol. The zero-order chi connectivity index (χ0) is 11.3. The van der Waals surface area contributed by atoms with Gasteiger partial charge in [0.2, 0.25) is 5.91 Å². The Balaban J connectivity index is 2.75. The number of carbonyl (C=O) groups excluding carboxylic acids is 1. The summed E-state index contributed by atoms with van der Waals surface area (Å²) in [6.07, 6.45) is 2.02. The average Bonchev–Trinajstić information content (AvgIpc) is 2.28. The van der Waals surface area contributed by atoms with Crippen LogP contribution in [0.25, 0.3) is 0 Å². The summed E-state index contributed by atoms with van der Waals surface area (Å²) in [7, 11) is 1.64. The molecule has 0 aliphatic heterocycles. The second kappa shape index (κ2) is 5.66. The lowest BCUT2D eigenvalue weighted by atomic mass is 10.2. The number of likely N-dealkylation sites (N-methyl/N-ethyl adjacent to an activating group) is 1. The van der Waals surface area contributed by atoms with Crippen molar-refractivity contribution >= 4 is 23.4 Å². The Morgan fingerprint density at radius 1 is 1.40 bits per heavy atom. The number of hydrogen-bond donors (Lipinski definition) is 2.